The minimum Gasteiger partial charge on any atom is -0.478 e. The maximum atomic E-state index is 13.4. The van der Waals surface area contributed by atoms with E-state index in [1.165, 1.54) is 53.1 Å². The van der Waals surface area contributed by atoms with E-state index >= 15 is 0 Å². The van der Waals surface area contributed by atoms with Crippen LogP contribution >= 0.6 is 11.8 Å². The highest BCUT2D eigenvalue weighted by Crippen LogP contribution is 2.42. The van der Waals surface area contributed by atoms with E-state index in [2.05, 4.69) is 10.6 Å². The number of benzene rings is 2. The fourth-order valence-electron chi connectivity index (χ4n) is 3.40. The van der Waals surface area contributed by atoms with Gasteiger partial charge in [-0.2, -0.15) is 0 Å². The second kappa shape index (κ2) is 10.8. The van der Waals surface area contributed by atoms with Crippen molar-refractivity contribution >= 4 is 41.3 Å². The number of nitrogens with one attached hydrogen (secondary N) is 2. The van der Waals surface area contributed by atoms with Crippen molar-refractivity contribution in [3.8, 4) is 0 Å². The fourth-order valence-corrected chi connectivity index (χ4v) is 4.83. The lowest BCUT2D eigenvalue weighted by molar-refractivity contribution is -0.163. The number of thioether (sulfide) groups is 1. The summed E-state index contributed by atoms with van der Waals surface area (Å²) in [6, 6.07) is 9.67. The third kappa shape index (κ3) is 6.95. The molecule has 186 valence electrons. The smallest absolute Gasteiger partial charge is 0.335 e. The van der Waals surface area contributed by atoms with Crippen LogP contribution in [0.25, 0.3) is 0 Å². The van der Waals surface area contributed by atoms with Crippen molar-refractivity contribution in [3.63, 3.8) is 0 Å². The Labute approximate surface area is 206 Å². The molecule has 0 aliphatic carbocycles. The number of carbonyl (C=O) groups excluding carboxylic acids is 3. The molecule has 0 unspecified atom stereocenters. The molecular formula is C24H26FN3O6S. The van der Waals surface area contributed by atoms with Crippen molar-refractivity contribution in [2.45, 2.75) is 37.8 Å². The van der Waals surface area contributed by atoms with Crippen molar-refractivity contribution in [3.05, 3.63) is 65.5 Å². The Balaban J connectivity index is 1.73. The van der Waals surface area contributed by atoms with Crippen LogP contribution in [-0.4, -0.2) is 57.8 Å². The summed E-state index contributed by atoms with van der Waals surface area (Å²) in [4.78, 5) is 50.8. The number of anilines is 1. The monoisotopic (exact) mass is 503 g/mol. The van der Waals surface area contributed by atoms with Crippen LogP contribution in [0.2, 0.25) is 0 Å². The Bertz CT molecular complexity index is 1120. The molecule has 0 aromatic heterocycles. The van der Waals surface area contributed by atoms with Gasteiger partial charge < -0.3 is 25.4 Å². The van der Waals surface area contributed by atoms with E-state index in [1.807, 2.05) is 0 Å². The van der Waals surface area contributed by atoms with Crippen LogP contribution in [0.4, 0.5) is 14.9 Å². The highest BCUT2D eigenvalue weighted by molar-refractivity contribution is 7.99. The number of carboxylic acids is 1. The van der Waals surface area contributed by atoms with Crippen LogP contribution in [-0.2, 0) is 14.3 Å². The first kappa shape index (κ1) is 26.0. The van der Waals surface area contributed by atoms with Gasteiger partial charge in [-0.1, -0.05) is 18.2 Å². The van der Waals surface area contributed by atoms with Crippen LogP contribution in [0.15, 0.2) is 48.5 Å². The number of halogens is 1. The van der Waals surface area contributed by atoms with Crippen LogP contribution in [0, 0.1) is 5.82 Å². The number of hydrogen-bond donors (Lipinski definition) is 3. The molecule has 2 aromatic carbocycles. The highest BCUT2D eigenvalue weighted by atomic mass is 32.2. The number of ether oxygens (including phenoxy) is 1. The van der Waals surface area contributed by atoms with E-state index in [4.69, 9.17) is 9.84 Å². The van der Waals surface area contributed by atoms with Crippen LogP contribution in [0.5, 0.6) is 0 Å². The average molecular weight is 504 g/mol. The summed E-state index contributed by atoms with van der Waals surface area (Å²) in [6.45, 7) is 4.74. The van der Waals surface area contributed by atoms with E-state index in [0.29, 0.717) is 5.56 Å². The van der Waals surface area contributed by atoms with Crippen molar-refractivity contribution in [1.82, 2.24) is 10.2 Å². The van der Waals surface area contributed by atoms with Gasteiger partial charge in [-0.3, -0.25) is 4.79 Å². The number of amides is 3. The molecule has 35 heavy (non-hydrogen) atoms. The molecule has 0 radical (unpaired) electrons. The first-order valence-corrected chi connectivity index (χ1v) is 11.8. The van der Waals surface area contributed by atoms with E-state index in [0.717, 1.165) is 0 Å². The van der Waals surface area contributed by atoms with Crippen LogP contribution in [0.1, 0.15) is 42.1 Å². The van der Waals surface area contributed by atoms with Gasteiger partial charge in [-0.05, 0) is 56.7 Å². The molecule has 1 aliphatic rings. The number of esters is 1. The zero-order valence-electron chi connectivity index (χ0n) is 19.4. The van der Waals surface area contributed by atoms with Gasteiger partial charge in [0.25, 0.3) is 0 Å². The van der Waals surface area contributed by atoms with Gasteiger partial charge >= 0.3 is 18.0 Å². The third-order valence-corrected chi connectivity index (χ3v) is 6.21. The molecule has 1 fully saturated rings. The number of nitrogens with zero attached hydrogens (tertiary/aromatic N) is 1. The van der Waals surface area contributed by atoms with Gasteiger partial charge in [0.05, 0.1) is 12.1 Å². The van der Waals surface area contributed by atoms with Crippen LogP contribution < -0.4 is 10.6 Å². The molecule has 1 saturated heterocycles. The number of carbonyl (C=O) groups is 4. The normalized spacial score (nSPS) is 17.5. The summed E-state index contributed by atoms with van der Waals surface area (Å²) < 4.78 is 18.9. The number of aromatic carboxylic acids is 1. The fraction of sp³-hybridized carbons (Fsp3) is 0.333. The molecule has 2 atom stereocenters. The number of urea groups is 1. The van der Waals surface area contributed by atoms with E-state index in [9.17, 15) is 23.6 Å². The van der Waals surface area contributed by atoms with Gasteiger partial charge in [0.15, 0.2) is 0 Å². The molecular weight excluding hydrogens is 477 g/mol. The maximum absolute atomic E-state index is 13.4. The summed E-state index contributed by atoms with van der Waals surface area (Å²) >= 11 is 1.34. The molecule has 3 N–H and O–H groups in total. The van der Waals surface area contributed by atoms with E-state index < -0.39 is 53.3 Å². The highest BCUT2D eigenvalue weighted by Gasteiger charge is 2.44. The summed E-state index contributed by atoms with van der Waals surface area (Å²) in [5, 5.41) is 13.4. The predicted octanol–water partition coefficient (Wildman–Crippen LogP) is 3.63. The van der Waals surface area contributed by atoms with Crippen molar-refractivity contribution < 1.29 is 33.4 Å². The van der Waals surface area contributed by atoms with Gasteiger partial charge in [0.1, 0.15) is 22.8 Å². The molecule has 9 nitrogen and oxygen atoms in total. The summed E-state index contributed by atoms with van der Waals surface area (Å²) in [7, 11) is 0. The Morgan fingerprint density at radius 3 is 2.46 bits per heavy atom. The first-order valence-electron chi connectivity index (χ1n) is 10.7. The molecule has 0 saturated carbocycles. The third-order valence-electron chi connectivity index (χ3n) is 4.89. The first-order chi connectivity index (χ1) is 16.4. The van der Waals surface area contributed by atoms with Gasteiger partial charge in [0, 0.05) is 11.4 Å². The topological polar surface area (TPSA) is 125 Å². The average Bonchev–Trinajstić information content (AvgIpc) is 3.22. The van der Waals surface area contributed by atoms with Gasteiger partial charge in [0.2, 0.25) is 5.91 Å². The molecule has 3 rings (SSSR count). The lowest BCUT2D eigenvalue weighted by Crippen LogP contribution is -2.49. The Hall–Kier alpha value is -3.60. The molecule has 1 heterocycles. The standard InChI is InChI=1S/C24H26FN3O6S/c1-24(2,3)34-22(32)18-13-35-20(14-7-9-16(25)10-8-14)28(18)19(29)12-26-23(33)27-17-6-4-5-15(11-17)21(30)31/h4-11,18,20H,12-13H2,1-3H3,(H,30,31)(H2,26,27,33)/t18-,20+/m0/s1. The van der Waals surface area contributed by atoms with Crippen molar-refractivity contribution in [1.29, 1.82) is 0 Å². The quantitative estimate of drug-likeness (QED) is 0.514. The van der Waals surface area contributed by atoms with Crippen molar-refractivity contribution in [2.24, 2.45) is 0 Å². The molecule has 0 spiro atoms. The number of carboxylic acid groups (broad SMARTS) is 1. The maximum Gasteiger partial charge on any atom is 0.335 e. The minimum atomic E-state index is -1.14. The number of hydrogen-bond acceptors (Lipinski definition) is 6. The van der Waals surface area contributed by atoms with Gasteiger partial charge in [-0.25, -0.2) is 18.8 Å². The molecule has 2 aromatic rings. The zero-order chi connectivity index (χ0) is 25.8. The Morgan fingerprint density at radius 1 is 1.14 bits per heavy atom. The molecule has 1 aliphatic heterocycles. The van der Waals surface area contributed by atoms with Crippen molar-refractivity contribution in [2.75, 3.05) is 17.6 Å². The predicted molar refractivity (Wildman–Crippen MR) is 129 cm³/mol. The van der Waals surface area contributed by atoms with E-state index in [1.54, 1.807) is 32.9 Å². The molecule has 11 heteroatoms. The molecule has 0 bridgehead atoms. The summed E-state index contributed by atoms with van der Waals surface area (Å²) in [6.07, 6.45) is 0. The lowest BCUT2D eigenvalue weighted by Gasteiger charge is -2.30. The zero-order valence-corrected chi connectivity index (χ0v) is 20.2. The largest absolute Gasteiger partial charge is 0.478 e. The Kier molecular flexibility index (Phi) is 8.00. The van der Waals surface area contributed by atoms with E-state index in [-0.39, 0.29) is 17.0 Å². The van der Waals surface area contributed by atoms with Gasteiger partial charge in [-0.15, -0.1) is 11.8 Å². The minimum absolute atomic E-state index is 0.00434. The Morgan fingerprint density at radius 2 is 1.83 bits per heavy atom. The second-order valence-corrected chi connectivity index (χ2v) is 9.89. The summed E-state index contributed by atoms with van der Waals surface area (Å²) in [5.41, 5.74) is 0.107. The molecule has 3 amide bonds. The number of rotatable bonds is 6. The summed E-state index contributed by atoms with van der Waals surface area (Å²) in [5.74, 6) is -2.40. The second-order valence-electron chi connectivity index (χ2n) is 8.78. The SMILES string of the molecule is CC(C)(C)OC(=O)[C@@H]1CS[C@H](c2ccc(F)cc2)N1C(=O)CNC(=O)Nc1cccc(C(=O)O)c1. The van der Waals surface area contributed by atoms with Crippen LogP contribution in [0.3, 0.4) is 0 Å². The lowest BCUT2D eigenvalue weighted by atomic mass is 10.1.